The molecule has 0 aromatic heterocycles. The van der Waals surface area contributed by atoms with Crippen molar-refractivity contribution < 1.29 is 18.3 Å². The van der Waals surface area contributed by atoms with Crippen molar-refractivity contribution in [2.75, 3.05) is 26.3 Å². The summed E-state index contributed by atoms with van der Waals surface area (Å²) in [4.78, 5) is 2.56. The minimum Gasteiger partial charge on any atom is -0.491 e. The summed E-state index contributed by atoms with van der Waals surface area (Å²) >= 11 is 0. The lowest BCUT2D eigenvalue weighted by Crippen LogP contribution is -2.47. The Kier molecular flexibility index (Phi) is 6.84. The number of sulfonamides is 1. The van der Waals surface area contributed by atoms with Gasteiger partial charge in [-0.05, 0) is 49.2 Å². The Morgan fingerprint density at radius 2 is 1.96 bits per heavy atom. The molecule has 1 aliphatic heterocycles. The predicted octanol–water partition coefficient (Wildman–Crippen LogP) is 2.00. The van der Waals surface area contributed by atoms with Crippen molar-refractivity contribution in [3.63, 3.8) is 0 Å². The van der Waals surface area contributed by atoms with Crippen LogP contribution in [0.4, 0.5) is 0 Å². The SMILES string of the molecule is O=S(=O)(N[C@@H]1CCCN(Cc2cccc(OCCO)c2)C1)c1ccccc1. The monoisotopic (exact) mass is 390 g/mol. The molecule has 2 aromatic carbocycles. The van der Waals surface area contributed by atoms with Crippen LogP contribution in [0.25, 0.3) is 0 Å². The molecule has 7 heteroatoms. The van der Waals surface area contributed by atoms with Crippen LogP contribution in [0.3, 0.4) is 0 Å². The molecule has 2 aromatic rings. The minimum atomic E-state index is -3.49. The molecule has 2 N–H and O–H groups in total. The zero-order valence-corrected chi connectivity index (χ0v) is 16.1. The molecule has 146 valence electrons. The number of rotatable bonds is 8. The van der Waals surface area contributed by atoms with Crippen molar-refractivity contribution in [1.82, 2.24) is 9.62 Å². The maximum atomic E-state index is 12.5. The van der Waals surface area contributed by atoms with E-state index in [2.05, 4.69) is 9.62 Å². The van der Waals surface area contributed by atoms with Crippen LogP contribution in [-0.2, 0) is 16.6 Å². The number of nitrogens with one attached hydrogen (secondary N) is 1. The number of benzene rings is 2. The van der Waals surface area contributed by atoms with Crippen molar-refractivity contribution >= 4 is 10.0 Å². The molecule has 0 bridgehead atoms. The van der Waals surface area contributed by atoms with Gasteiger partial charge in [0.2, 0.25) is 10.0 Å². The number of aliphatic hydroxyl groups excluding tert-OH is 1. The van der Waals surface area contributed by atoms with Gasteiger partial charge >= 0.3 is 0 Å². The Labute approximate surface area is 160 Å². The Morgan fingerprint density at radius 1 is 1.15 bits per heavy atom. The molecule has 6 nitrogen and oxygen atoms in total. The number of likely N-dealkylation sites (tertiary alicyclic amines) is 1. The van der Waals surface area contributed by atoms with E-state index in [1.165, 1.54) is 0 Å². The molecule has 0 saturated carbocycles. The van der Waals surface area contributed by atoms with Crippen LogP contribution in [-0.4, -0.2) is 50.8 Å². The quantitative estimate of drug-likeness (QED) is 0.721. The number of piperidine rings is 1. The molecule has 27 heavy (non-hydrogen) atoms. The van der Waals surface area contributed by atoms with E-state index in [0.29, 0.717) is 11.4 Å². The highest BCUT2D eigenvalue weighted by Gasteiger charge is 2.25. The topological polar surface area (TPSA) is 78.9 Å². The molecule has 1 fully saturated rings. The van der Waals surface area contributed by atoms with Crippen LogP contribution in [0, 0.1) is 0 Å². The lowest BCUT2D eigenvalue weighted by molar-refractivity contribution is 0.192. The smallest absolute Gasteiger partial charge is 0.240 e. The first-order chi connectivity index (χ1) is 13.1. The van der Waals surface area contributed by atoms with Crippen LogP contribution < -0.4 is 9.46 Å². The Morgan fingerprint density at radius 3 is 2.74 bits per heavy atom. The average Bonchev–Trinajstić information content (AvgIpc) is 2.67. The van der Waals surface area contributed by atoms with Crippen molar-refractivity contribution in [1.29, 1.82) is 0 Å². The molecular formula is C20H26N2O4S. The molecule has 1 saturated heterocycles. The highest BCUT2D eigenvalue weighted by Crippen LogP contribution is 2.19. The molecule has 0 radical (unpaired) electrons. The molecule has 1 atom stereocenters. The number of hydrogen-bond donors (Lipinski definition) is 2. The standard InChI is InChI=1S/C20H26N2O4S/c23-12-13-26-19-8-4-6-17(14-19)15-22-11-5-7-18(16-22)21-27(24,25)20-9-2-1-3-10-20/h1-4,6,8-10,14,18,21,23H,5,7,11-13,15-16H2/t18-/m1/s1. The third-order valence-electron chi connectivity index (χ3n) is 4.55. The summed E-state index contributed by atoms with van der Waals surface area (Å²) in [7, 11) is -3.49. The molecule has 0 unspecified atom stereocenters. The highest BCUT2D eigenvalue weighted by atomic mass is 32.2. The Hall–Kier alpha value is -1.93. The first-order valence-corrected chi connectivity index (χ1v) is 10.7. The van der Waals surface area contributed by atoms with Crippen LogP contribution in [0.5, 0.6) is 5.75 Å². The van der Waals surface area contributed by atoms with Crippen molar-refractivity contribution in [2.24, 2.45) is 0 Å². The lowest BCUT2D eigenvalue weighted by atomic mass is 10.1. The largest absolute Gasteiger partial charge is 0.491 e. The summed E-state index contributed by atoms with van der Waals surface area (Å²) in [6, 6.07) is 16.2. The van der Waals surface area contributed by atoms with Gasteiger partial charge in [-0.25, -0.2) is 13.1 Å². The third kappa shape index (κ3) is 5.77. The van der Waals surface area contributed by atoms with Crippen LogP contribution >= 0.6 is 0 Å². The van der Waals surface area contributed by atoms with Gasteiger partial charge in [-0.1, -0.05) is 30.3 Å². The van der Waals surface area contributed by atoms with Crippen LogP contribution in [0.1, 0.15) is 18.4 Å². The molecule has 0 amide bonds. The number of aliphatic hydroxyl groups is 1. The predicted molar refractivity (Wildman–Crippen MR) is 104 cm³/mol. The fourth-order valence-electron chi connectivity index (χ4n) is 3.34. The van der Waals surface area contributed by atoms with Gasteiger partial charge in [-0.3, -0.25) is 4.90 Å². The molecule has 1 aliphatic rings. The van der Waals surface area contributed by atoms with Gasteiger partial charge in [-0.15, -0.1) is 0 Å². The Balaban J connectivity index is 1.60. The average molecular weight is 391 g/mol. The maximum Gasteiger partial charge on any atom is 0.240 e. The highest BCUT2D eigenvalue weighted by molar-refractivity contribution is 7.89. The summed E-state index contributed by atoms with van der Waals surface area (Å²) in [5.41, 5.74) is 1.11. The van der Waals surface area contributed by atoms with Crippen LogP contribution in [0.2, 0.25) is 0 Å². The summed E-state index contributed by atoms with van der Waals surface area (Å²) < 4.78 is 33.4. The van der Waals surface area contributed by atoms with Crippen LogP contribution in [0.15, 0.2) is 59.5 Å². The molecule has 1 heterocycles. The first kappa shape index (κ1) is 19.8. The summed E-state index contributed by atoms with van der Waals surface area (Å²) in [6.45, 7) is 2.61. The first-order valence-electron chi connectivity index (χ1n) is 9.19. The second-order valence-corrected chi connectivity index (χ2v) is 8.44. The van der Waals surface area contributed by atoms with Crippen molar-refractivity contribution in [3.8, 4) is 5.75 Å². The van der Waals surface area contributed by atoms with Crippen molar-refractivity contribution in [3.05, 3.63) is 60.2 Å². The van der Waals surface area contributed by atoms with E-state index in [9.17, 15) is 8.42 Å². The van der Waals surface area contributed by atoms with Gasteiger partial charge in [0.05, 0.1) is 11.5 Å². The zero-order chi connectivity index (χ0) is 19.1. The van der Waals surface area contributed by atoms with E-state index in [1.54, 1.807) is 30.3 Å². The molecular weight excluding hydrogens is 364 g/mol. The van der Waals surface area contributed by atoms with Gasteiger partial charge in [0.15, 0.2) is 0 Å². The van der Waals surface area contributed by atoms with Gasteiger partial charge < -0.3 is 9.84 Å². The van der Waals surface area contributed by atoms with E-state index >= 15 is 0 Å². The third-order valence-corrected chi connectivity index (χ3v) is 6.08. The van der Waals surface area contributed by atoms with E-state index in [1.807, 2.05) is 24.3 Å². The lowest BCUT2D eigenvalue weighted by Gasteiger charge is -2.33. The summed E-state index contributed by atoms with van der Waals surface area (Å²) in [5.74, 6) is 0.736. The normalized spacial score (nSPS) is 18.3. The van der Waals surface area contributed by atoms with E-state index in [4.69, 9.17) is 9.84 Å². The number of ether oxygens (including phenoxy) is 1. The fraction of sp³-hybridized carbons (Fsp3) is 0.400. The summed E-state index contributed by atoms with van der Waals surface area (Å²) in [5, 5.41) is 8.87. The number of nitrogens with zero attached hydrogens (tertiary/aromatic N) is 1. The molecule has 0 aliphatic carbocycles. The maximum absolute atomic E-state index is 12.5. The van der Waals surface area contributed by atoms with Crippen molar-refractivity contribution in [2.45, 2.75) is 30.3 Å². The molecule has 0 spiro atoms. The van der Waals surface area contributed by atoms with E-state index < -0.39 is 10.0 Å². The zero-order valence-electron chi connectivity index (χ0n) is 15.3. The second-order valence-electron chi connectivity index (χ2n) is 6.73. The van der Waals surface area contributed by atoms with Gasteiger partial charge in [0, 0.05) is 19.1 Å². The Bertz CT molecular complexity index is 827. The van der Waals surface area contributed by atoms with E-state index in [0.717, 1.165) is 37.2 Å². The fourth-order valence-corrected chi connectivity index (χ4v) is 4.62. The number of hydrogen-bond acceptors (Lipinski definition) is 5. The second kappa shape index (κ2) is 9.32. The van der Waals surface area contributed by atoms with Gasteiger partial charge in [-0.2, -0.15) is 0 Å². The molecule has 3 rings (SSSR count). The van der Waals surface area contributed by atoms with Gasteiger partial charge in [0.1, 0.15) is 12.4 Å². The van der Waals surface area contributed by atoms with E-state index in [-0.39, 0.29) is 19.3 Å². The van der Waals surface area contributed by atoms with Gasteiger partial charge in [0.25, 0.3) is 0 Å². The minimum absolute atomic E-state index is 0.0143. The summed E-state index contributed by atoms with van der Waals surface area (Å²) in [6.07, 6.45) is 1.78.